The average molecular weight is 513 g/mol. The Kier molecular flexibility index (Phi) is 9.05. The second kappa shape index (κ2) is 12.2. The third-order valence-corrected chi connectivity index (χ3v) is 7.43. The number of aromatic nitrogens is 1. The number of hydrogen-bond donors (Lipinski definition) is 1. The Hall–Kier alpha value is -2.40. The Labute approximate surface area is 209 Å². The third kappa shape index (κ3) is 6.88. The lowest BCUT2D eigenvalue weighted by Gasteiger charge is -2.33. The minimum Gasteiger partial charge on any atom is -0.489 e. The number of carbonyl (C=O) groups excluding carboxylic acids is 2. The number of amides is 2. The maximum atomic E-state index is 13.1. The fourth-order valence-corrected chi connectivity index (χ4v) is 5.30. The molecule has 2 amide bonds. The molecule has 0 spiro atoms. The van der Waals surface area contributed by atoms with Gasteiger partial charge in [0.2, 0.25) is 5.91 Å². The molecule has 1 atom stereocenters. The van der Waals surface area contributed by atoms with E-state index in [1.807, 2.05) is 0 Å². The summed E-state index contributed by atoms with van der Waals surface area (Å²) in [6.45, 7) is 5.07. The molecule has 0 aromatic carbocycles. The van der Waals surface area contributed by atoms with Gasteiger partial charge in [-0.2, -0.15) is 13.2 Å². The topological polar surface area (TPSA) is 84.0 Å². The van der Waals surface area contributed by atoms with Gasteiger partial charge in [-0.15, -0.1) is 0 Å². The lowest BCUT2D eigenvalue weighted by Crippen LogP contribution is -2.44. The van der Waals surface area contributed by atoms with Gasteiger partial charge in [0.1, 0.15) is 6.61 Å². The minimum atomic E-state index is -4.19. The minimum absolute atomic E-state index is 0.00854. The SMILES string of the molecule is O=C(NCCN1CCOCC1)c1ncccc1OCC1CCCN1C(=O)C1CCC(C(F)(F)F)CC1. The van der Waals surface area contributed by atoms with E-state index in [0.29, 0.717) is 32.1 Å². The molecule has 3 aliphatic rings. The number of alkyl halides is 3. The maximum Gasteiger partial charge on any atom is 0.391 e. The number of nitrogens with zero attached hydrogens (tertiary/aromatic N) is 3. The zero-order valence-corrected chi connectivity index (χ0v) is 20.5. The standard InChI is InChI=1S/C25H35F3N4O4/c26-25(27,28)19-7-5-18(6-8-19)24(34)32-11-2-3-20(32)17-36-21-4-1-9-29-22(21)23(33)30-10-12-31-13-15-35-16-14-31/h1,4,9,18-20H,2-3,5-8,10-17H2,(H,30,33). The molecule has 8 nitrogen and oxygen atoms in total. The molecule has 11 heteroatoms. The first kappa shape index (κ1) is 26.7. The lowest BCUT2D eigenvalue weighted by molar-refractivity contribution is -0.185. The van der Waals surface area contributed by atoms with Crippen molar-refractivity contribution in [2.24, 2.45) is 11.8 Å². The van der Waals surface area contributed by atoms with Gasteiger partial charge < -0.3 is 19.7 Å². The van der Waals surface area contributed by atoms with Gasteiger partial charge in [-0.1, -0.05) is 0 Å². The van der Waals surface area contributed by atoms with Crippen LogP contribution < -0.4 is 10.1 Å². The molecular weight excluding hydrogens is 477 g/mol. The zero-order chi connectivity index (χ0) is 25.5. The second-order valence-electron chi connectivity index (χ2n) is 9.79. The molecule has 0 radical (unpaired) electrons. The van der Waals surface area contributed by atoms with E-state index < -0.39 is 12.1 Å². The van der Waals surface area contributed by atoms with E-state index in [2.05, 4.69) is 15.2 Å². The van der Waals surface area contributed by atoms with Gasteiger partial charge in [0.05, 0.1) is 25.2 Å². The van der Waals surface area contributed by atoms with Gasteiger partial charge in [-0.25, -0.2) is 4.98 Å². The van der Waals surface area contributed by atoms with Gasteiger partial charge in [-0.3, -0.25) is 14.5 Å². The lowest BCUT2D eigenvalue weighted by atomic mass is 9.81. The highest BCUT2D eigenvalue weighted by atomic mass is 19.4. The Balaban J connectivity index is 1.28. The van der Waals surface area contributed by atoms with Crippen molar-refractivity contribution >= 4 is 11.8 Å². The van der Waals surface area contributed by atoms with Gasteiger partial charge in [-0.05, 0) is 50.7 Å². The van der Waals surface area contributed by atoms with Crippen molar-refractivity contribution in [2.75, 3.05) is 52.5 Å². The summed E-state index contributed by atoms with van der Waals surface area (Å²) >= 11 is 0. The first-order chi connectivity index (χ1) is 17.3. The highest BCUT2D eigenvalue weighted by molar-refractivity contribution is 5.94. The molecule has 3 heterocycles. The molecule has 36 heavy (non-hydrogen) atoms. The number of morpholine rings is 1. The van der Waals surface area contributed by atoms with Gasteiger partial charge in [0.15, 0.2) is 11.4 Å². The molecule has 1 aliphatic carbocycles. The van der Waals surface area contributed by atoms with Crippen molar-refractivity contribution in [2.45, 2.75) is 50.7 Å². The number of carbonyl (C=O) groups is 2. The van der Waals surface area contributed by atoms with E-state index in [-0.39, 0.29) is 61.8 Å². The zero-order valence-electron chi connectivity index (χ0n) is 20.5. The summed E-state index contributed by atoms with van der Waals surface area (Å²) in [5.41, 5.74) is 0.195. The number of ether oxygens (including phenoxy) is 2. The van der Waals surface area contributed by atoms with Crippen LogP contribution >= 0.6 is 0 Å². The van der Waals surface area contributed by atoms with Gasteiger partial charge in [0, 0.05) is 44.8 Å². The number of hydrogen-bond acceptors (Lipinski definition) is 6. The van der Waals surface area contributed by atoms with Crippen LogP contribution in [-0.2, 0) is 9.53 Å². The summed E-state index contributed by atoms with van der Waals surface area (Å²) in [6, 6.07) is 3.20. The fraction of sp³-hybridized carbons (Fsp3) is 0.720. The molecular formula is C25H35F3N4O4. The van der Waals surface area contributed by atoms with E-state index in [0.717, 1.165) is 32.5 Å². The second-order valence-corrected chi connectivity index (χ2v) is 9.79. The molecule has 3 fully saturated rings. The van der Waals surface area contributed by atoms with Crippen molar-refractivity contribution in [3.05, 3.63) is 24.0 Å². The Morgan fingerprint density at radius 3 is 2.58 bits per heavy atom. The van der Waals surface area contributed by atoms with Gasteiger partial charge >= 0.3 is 6.18 Å². The van der Waals surface area contributed by atoms with Crippen LogP contribution in [0.4, 0.5) is 13.2 Å². The molecule has 0 bridgehead atoms. The van der Waals surface area contributed by atoms with Crippen LogP contribution in [0.25, 0.3) is 0 Å². The third-order valence-electron chi connectivity index (χ3n) is 7.43. The maximum absolute atomic E-state index is 13.1. The predicted molar refractivity (Wildman–Crippen MR) is 126 cm³/mol. The molecule has 2 aliphatic heterocycles. The summed E-state index contributed by atoms with van der Waals surface area (Å²) in [4.78, 5) is 34.0. The van der Waals surface area contributed by atoms with E-state index >= 15 is 0 Å². The number of pyridine rings is 1. The summed E-state index contributed by atoms with van der Waals surface area (Å²) < 4.78 is 50.3. The van der Waals surface area contributed by atoms with E-state index in [1.165, 1.54) is 6.20 Å². The fourth-order valence-electron chi connectivity index (χ4n) is 5.30. The van der Waals surface area contributed by atoms with Crippen molar-refractivity contribution in [1.82, 2.24) is 20.1 Å². The Morgan fingerprint density at radius 1 is 1.11 bits per heavy atom. The molecule has 1 aromatic rings. The van der Waals surface area contributed by atoms with E-state index in [4.69, 9.17) is 9.47 Å². The van der Waals surface area contributed by atoms with Crippen LogP contribution in [0.15, 0.2) is 18.3 Å². The number of likely N-dealkylation sites (tertiary alicyclic amines) is 1. The van der Waals surface area contributed by atoms with Crippen LogP contribution in [0.2, 0.25) is 0 Å². The highest BCUT2D eigenvalue weighted by Gasteiger charge is 2.44. The van der Waals surface area contributed by atoms with Crippen LogP contribution in [0.1, 0.15) is 49.0 Å². The largest absolute Gasteiger partial charge is 0.489 e. The monoisotopic (exact) mass is 512 g/mol. The van der Waals surface area contributed by atoms with Crippen LogP contribution in [0.3, 0.4) is 0 Å². The van der Waals surface area contributed by atoms with Crippen molar-refractivity contribution in [1.29, 1.82) is 0 Å². The highest BCUT2D eigenvalue weighted by Crippen LogP contribution is 2.40. The summed E-state index contributed by atoms with van der Waals surface area (Å²) in [6.07, 6.45) is -0.524. The smallest absolute Gasteiger partial charge is 0.391 e. The van der Waals surface area contributed by atoms with Crippen molar-refractivity contribution < 1.29 is 32.2 Å². The predicted octanol–water partition coefficient (Wildman–Crippen LogP) is 2.88. The average Bonchev–Trinajstić information content (AvgIpc) is 3.36. The van der Waals surface area contributed by atoms with E-state index in [9.17, 15) is 22.8 Å². The van der Waals surface area contributed by atoms with Crippen LogP contribution in [-0.4, -0.2) is 91.4 Å². The van der Waals surface area contributed by atoms with Crippen LogP contribution in [0, 0.1) is 11.8 Å². The molecule has 200 valence electrons. The molecule has 1 saturated carbocycles. The number of nitrogens with one attached hydrogen (secondary N) is 1. The summed E-state index contributed by atoms with van der Waals surface area (Å²) in [5.74, 6) is -1.71. The molecule has 1 unspecified atom stereocenters. The molecule has 1 aromatic heterocycles. The Bertz CT molecular complexity index is 886. The first-order valence-electron chi connectivity index (χ1n) is 12.9. The summed E-state index contributed by atoms with van der Waals surface area (Å²) in [7, 11) is 0. The molecule has 2 saturated heterocycles. The van der Waals surface area contributed by atoms with Crippen LogP contribution in [0.5, 0.6) is 5.75 Å². The quantitative estimate of drug-likeness (QED) is 0.577. The van der Waals surface area contributed by atoms with E-state index in [1.54, 1.807) is 17.0 Å². The molecule has 4 rings (SSSR count). The van der Waals surface area contributed by atoms with Crippen molar-refractivity contribution in [3.63, 3.8) is 0 Å². The van der Waals surface area contributed by atoms with Gasteiger partial charge in [0.25, 0.3) is 5.91 Å². The van der Waals surface area contributed by atoms with Crippen molar-refractivity contribution in [3.8, 4) is 5.75 Å². The molecule has 1 N–H and O–H groups in total. The number of rotatable bonds is 8. The number of halogens is 3. The Morgan fingerprint density at radius 2 is 1.86 bits per heavy atom. The normalized spacial score (nSPS) is 25.5. The first-order valence-corrected chi connectivity index (χ1v) is 12.9. The summed E-state index contributed by atoms with van der Waals surface area (Å²) in [5, 5.41) is 2.89.